The standard InChI is InChI=1S/C24H22N4O2/c1-23(18-7-3-2-4-8-18)15-24(13-21(29)27-22(25)28-24)19-12-16(9-10-20(19)30-23)17-6-5-11-26-14-17/h2-12,14H,13,15H2,1H3,(H3,25,27,28,29)/t23-,24?/m1/s1. The van der Waals surface area contributed by atoms with Crippen LogP contribution in [0.1, 0.15) is 30.9 Å². The van der Waals surface area contributed by atoms with Gasteiger partial charge in [0.1, 0.15) is 16.9 Å². The van der Waals surface area contributed by atoms with E-state index < -0.39 is 11.1 Å². The highest BCUT2D eigenvalue weighted by Crippen LogP contribution is 2.52. The van der Waals surface area contributed by atoms with Crippen molar-refractivity contribution >= 4 is 11.9 Å². The summed E-state index contributed by atoms with van der Waals surface area (Å²) in [6.07, 6.45) is 4.27. The Labute approximate surface area is 174 Å². The number of fused-ring (bicyclic) bond motifs is 2. The Bertz CT molecular complexity index is 1150. The molecule has 1 unspecified atom stereocenters. The molecule has 0 saturated carbocycles. The number of hydrogen-bond acceptors (Lipinski definition) is 5. The summed E-state index contributed by atoms with van der Waals surface area (Å²) in [5, 5.41) is 2.63. The summed E-state index contributed by atoms with van der Waals surface area (Å²) in [7, 11) is 0. The SMILES string of the molecule is C[C@]1(c2ccccc2)CC2(CC(=O)NC(N)=N2)c2cc(-c3cccnc3)ccc2O1. The smallest absolute Gasteiger partial charge is 0.229 e. The minimum absolute atomic E-state index is 0.140. The van der Waals surface area contributed by atoms with Crippen molar-refractivity contribution in [2.75, 3.05) is 0 Å². The maximum absolute atomic E-state index is 12.5. The van der Waals surface area contributed by atoms with Crippen LogP contribution in [0, 0.1) is 0 Å². The second kappa shape index (κ2) is 6.69. The highest BCUT2D eigenvalue weighted by Gasteiger charge is 2.51. The summed E-state index contributed by atoms with van der Waals surface area (Å²) in [5.41, 5.74) is 8.47. The molecular formula is C24H22N4O2. The largest absolute Gasteiger partial charge is 0.482 e. The molecule has 5 rings (SSSR count). The minimum atomic E-state index is -0.803. The van der Waals surface area contributed by atoms with Crippen molar-refractivity contribution in [3.63, 3.8) is 0 Å². The lowest BCUT2D eigenvalue weighted by molar-refractivity contribution is -0.122. The van der Waals surface area contributed by atoms with E-state index in [0.29, 0.717) is 12.2 Å². The molecule has 2 aliphatic heterocycles. The fourth-order valence-corrected chi connectivity index (χ4v) is 4.59. The minimum Gasteiger partial charge on any atom is -0.482 e. The average molecular weight is 398 g/mol. The molecule has 0 fully saturated rings. The molecule has 6 heteroatoms. The Balaban J connectivity index is 1.70. The van der Waals surface area contributed by atoms with Crippen LogP contribution in [0.4, 0.5) is 0 Å². The fraction of sp³-hybridized carbons (Fsp3) is 0.208. The summed E-state index contributed by atoms with van der Waals surface area (Å²) in [4.78, 5) is 21.5. The van der Waals surface area contributed by atoms with E-state index in [1.54, 1.807) is 6.20 Å². The first-order valence-corrected chi connectivity index (χ1v) is 9.92. The number of ether oxygens (including phenoxy) is 1. The number of benzene rings is 2. The van der Waals surface area contributed by atoms with E-state index >= 15 is 0 Å². The highest BCUT2D eigenvalue weighted by atomic mass is 16.5. The Morgan fingerprint density at radius 2 is 1.90 bits per heavy atom. The van der Waals surface area contributed by atoms with Crippen LogP contribution < -0.4 is 15.8 Å². The topological polar surface area (TPSA) is 89.6 Å². The molecular weight excluding hydrogens is 376 g/mol. The maximum atomic E-state index is 12.5. The van der Waals surface area contributed by atoms with E-state index in [-0.39, 0.29) is 18.3 Å². The molecule has 1 spiro atoms. The first-order valence-electron chi connectivity index (χ1n) is 9.92. The van der Waals surface area contributed by atoms with Crippen LogP contribution in [-0.4, -0.2) is 16.9 Å². The number of nitrogens with two attached hydrogens (primary N) is 1. The van der Waals surface area contributed by atoms with Gasteiger partial charge in [-0.3, -0.25) is 15.1 Å². The van der Waals surface area contributed by atoms with Crippen molar-refractivity contribution < 1.29 is 9.53 Å². The molecule has 3 heterocycles. The monoisotopic (exact) mass is 398 g/mol. The van der Waals surface area contributed by atoms with E-state index in [2.05, 4.69) is 10.3 Å². The Hall–Kier alpha value is -3.67. The number of hydrogen-bond donors (Lipinski definition) is 2. The summed E-state index contributed by atoms with van der Waals surface area (Å²) < 4.78 is 6.54. The molecule has 3 N–H and O–H groups in total. The number of carbonyl (C=O) groups is 1. The van der Waals surface area contributed by atoms with Crippen molar-refractivity contribution in [2.45, 2.75) is 30.9 Å². The zero-order chi connectivity index (χ0) is 20.8. The molecule has 0 saturated heterocycles. The molecule has 2 atom stereocenters. The van der Waals surface area contributed by atoms with Crippen LogP contribution in [0.2, 0.25) is 0 Å². The van der Waals surface area contributed by atoms with Crippen LogP contribution in [0.3, 0.4) is 0 Å². The van der Waals surface area contributed by atoms with E-state index in [1.807, 2.05) is 73.8 Å². The second-order valence-electron chi connectivity index (χ2n) is 8.08. The lowest BCUT2D eigenvalue weighted by Crippen LogP contribution is -2.52. The number of nitrogens with zero attached hydrogens (tertiary/aromatic N) is 2. The molecule has 1 aromatic heterocycles. The number of aromatic nitrogens is 1. The van der Waals surface area contributed by atoms with Gasteiger partial charge in [-0.05, 0) is 36.2 Å². The number of nitrogens with one attached hydrogen (secondary N) is 1. The van der Waals surface area contributed by atoms with Gasteiger partial charge in [0.05, 0.1) is 6.42 Å². The third-order valence-electron chi connectivity index (χ3n) is 5.88. The fourth-order valence-electron chi connectivity index (χ4n) is 4.59. The Morgan fingerprint density at radius 1 is 1.07 bits per heavy atom. The third kappa shape index (κ3) is 3.01. The molecule has 150 valence electrons. The highest BCUT2D eigenvalue weighted by molar-refractivity contribution is 5.99. The van der Waals surface area contributed by atoms with Gasteiger partial charge in [0.2, 0.25) is 5.91 Å². The van der Waals surface area contributed by atoms with E-state index in [9.17, 15) is 4.79 Å². The molecule has 0 radical (unpaired) electrons. The molecule has 30 heavy (non-hydrogen) atoms. The first kappa shape index (κ1) is 18.4. The molecule has 2 aromatic carbocycles. The van der Waals surface area contributed by atoms with E-state index in [4.69, 9.17) is 15.5 Å². The number of rotatable bonds is 2. The van der Waals surface area contributed by atoms with E-state index in [0.717, 1.165) is 22.3 Å². The molecule has 0 bridgehead atoms. The predicted octanol–water partition coefficient (Wildman–Crippen LogP) is 3.48. The molecule has 0 aliphatic carbocycles. The van der Waals surface area contributed by atoms with Crippen LogP contribution in [0.25, 0.3) is 11.1 Å². The van der Waals surface area contributed by atoms with E-state index in [1.165, 1.54) is 0 Å². The van der Waals surface area contributed by atoms with Gasteiger partial charge in [0.15, 0.2) is 5.96 Å². The predicted molar refractivity (Wildman–Crippen MR) is 115 cm³/mol. The molecule has 2 aliphatic rings. The van der Waals surface area contributed by atoms with Gasteiger partial charge in [-0.1, -0.05) is 42.5 Å². The normalized spacial score (nSPS) is 25.1. The lowest BCUT2D eigenvalue weighted by atomic mass is 9.72. The van der Waals surface area contributed by atoms with Gasteiger partial charge in [-0.25, -0.2) is 4.99 Å². The first-order chi connectivity index (χ1) is 14.5. The number of guanidine groups is 1. The van der Waals surface area contributed by atoms with Gasteiger partial charge in [-0.2, -0.15) is 0 Å². The summed E-state index contributed by atoms with van der Waals surface area (Å²) in [6.45, 7) is 2.04. The number of aliphatic imine (C=N–C) groups is 1. The van der Waals surface area contributed by atoms with Gasteiger partial charge in [-0.15, -0.1) is 0 Å². The quantitative estimate of drug-likeness (QED) is 0.692. The molecule has 6 nitrogen and oxygen atoms in total. The van der Waals surface area contributed by atoms with Crippen molar-refractivity contribution in [2.24, 2.45) is 10.7 Å². The van der Waals surface area contributed by atoms with Crippen molar-refractivity contribution in [3.05, 3.63) is 84.2 Å². The number of amides is 1. The zero-order valence-electron chi connectivity index (χ0n) is 16.6. The van der Waals surface area contributed by atoms with Crippen LogP contribution in [0.15, 0.2) is 78.0 Å². The zero-order valence-corrected chi connectivity index (χ0v) is 16.6. The van der Waals surface area contributed by atoms with Gasteiger partial charge in [0.25, 0.3) is 0 Å². The summed E-state index contributed by atoms with van der Waals surface area (Å²) in [5.74, 6) is 0.713. The average Bonchev–Trinajstić information content (AvgIpc) is 2.74. The number of pyridine rings is 1. The Morgan fingerprint density at radius 3 is 2.63 bits per heavy atom. The second-order valence-corrected chi connectivity index (χ2v) is 8.08. The third-order valence-corrected chi connectivity index (χ3v) is 5.88. The van der Waals surface area contributed by atoms with Crippen LogP contribution >= 0.6 is 0 Å². The summed E-state index contributed by atoms with van der Waals surface area (Å²) >= 11 is 0. The van der Waals surface area contributed by atoms with Crippen molar-refractivity contribution in [3.8, 4) is 16.9 Å². The maximum Gasteiger partial charge on any atom is 0.229 e. The number of carbonyl (C=O) groups excluding carboxylic acids is 1. The van der Waals surface area contributed by atoms with Crippen molar-refractivity contribution in [1.82, 2.24) is 10.3 Å². The van der Waals surface area contributed by atoms with Crippen LogP contribution in [-0.2, 0) is 15.9 Å². The van der Waals surface area contributed by atoms with Crippen molar-refractivity contribution in [1.29, 1.82) is 0 Å². The van der Waals surface area contributed by atoms with Gasteiger partial charge in [0, 0.05) is 29.9 Å². The van der Waals surface area contributed by atoms with Gasteiger partial charge >= 0.3 is 0 Å². The summed E-state index contributed by atoms with van der Waals surface area (Å²) in [6, 6.07) is 20.0. The molecule has 3 aromatic rings. The van der Waals surface area contributed by atoms with Crippen LogP contribution in [0.5, 0.6) is 5.75 Å². The Kier molecular flexibility index (Phi) is 4.10. The molecule has 1 amide bonds. The lowest BCUT2D eigenvalue weighted by Gasteiger charge is -2.46. The van der Waals surface area contributed by atoms with Gasteiger partial charge < -0.3 is 10.5 Å².